The molecule has 0 radical (unpaired) electrons. The molecule has 0 unspecified atom stereocenters. The number of carboxylic acids is 1. The van der Waals surface area contributed by atoms with Gasteiger partial charge in [-0.3, -0.25) is 9.59 Å². The van der Waals surface area contributed by atoms with E-state index in [1.165, 1.54) is 0 Å². The van der Waals surface area contributed by atoms with Crippen molar-refractivity contribution >= 4 is 11.8 Å². The van der Waals surface area contributed by atoms with Crippen LogP contribution in [0.2, 0.25) is 0 Å². The summed E-state index contributed by atoms with van der Waals surface area (Å²) < 4.78 is 0. The molecule has 2 aromatic rings. The number of carbonyl (C=O) groups excluding carboxylic acids is 1. The highest BCUT2D eigenvalue weighted by molar-refractivity contribution is 5.93. The largest absolute Gasteiger partial charge is 0.481 e. The van der Waals surface area contributed by atoms with Crippen LogP contribution in [0.15, 0.2) is 60.7 Å². The minimum atomic E-state index is -0.811. The molecule has 0 saturated heterocycles. The number of carbonyl (C=O) groups is 2. The van der Waals surface area contributed by atoms with E-state index in [2.05, 4.69) is 0 Å². The molecule has 0 aliphatic heterocycles. The summed E-state index contributed by atoms with van der Waals surface area (Å²) in [6.07, 6.45) is 1.56. The van der Waals surface area contributed by atoms with Gasteiger partial charge in [-0.1, -0.05) is 67.6 Å². The van der Waals surface area contributed by atoms with Gasteiger partial charge in [-0.05, 0) is 38.1 Å². The Morgan fingerprint density at radius 3 is 1.81 bits per heavy atom. The fourth-order valence-electron chi connectivity index (χ4n) is 3.77. The van der Waals surface area contributed by atoms with Gasteiger partial charge in [0, 0.05) is 18.9 Å². The van der Waals surface area contributed by atoms with E-state index in [9.17, 15) is 9.59 Å². The van der Waals surface area contributed by atoms with Crippen molar-refractivity contribution in [3.8, 4) is 0 Å². The number of Topliss-reactive ketones (excluding diaryl/α,β-unsaturated/α-hetero) is 1. The highest BCUT2D eigenvalue weighted by Gasteiger charge is 2.42. The Labute approximate surface area is 161 Å². The van der Waals surface area contributed by atoms with E-state index in [0.717, 1.165) is 11.1 Å². The number of carboxylic acid groups (broad SMARTS) is 1. The van der Waals surface area contributed by atoms with Crippen LogP contribution in [0.4, 0.5) is 0 Å². The van der Waals surface area contributed by atoms with E-state index >= 15 is 0 Å². The highest BCUT2D eigenvalue weighted by Crippen LogP contribution is 2.40. The van der Waals surface area contributed by atoms with Crippen molar-refractivity contribution in [1.29, 1.82) is 0 Å². The molecule has 0 spiro atoms. The van der Waals surface area contributed by atoms with E-state index in [1.54, 1.807) is 0 Å². The Hall–Kier alpha value is -2.46. The van der Waals surface area contributed by atoms with Crippen LogP contribution in [0.3, 0.4) is 0 Å². The second kappa shape index (κ2) is 9.47. The van der Waals surface area contributed by atoms with Crippen LogP contribution in [0.1, 0.15) is 43.7 Å². The SMILES string of the molecule is CCC(=O)C(C[C@H](CCC(=O)O)N(C)C)(c1ccccc1)c1ccccc1. The third-order valence-electron chi connectivity index (χ3n) is 5.29. The summed E-state index contributed by atoms with van der Waals surface area (Å²) >= 11 is 0. The van der Waals surface area contributed by atoms with Crippen molar-refractivity contribution in [2.24, 2.45) is 0 Å². The molecule has 0 aromatic heterocycles. The quantitative estimate of drug-likeness (QED) is 0.686. The molecule has 1 atom stereocenters. The first kappa shape index (κ1) is 20.8. The van der Waals surface area contributed by atoms with Crippen molar-refractivity contribution < 1.29 is 14.7 Å². The Balaban J connectivity index is 2.60. The molecular formula is C23H29NO3. The van der Waals surface area contributed by atoms with Gasteiger partial charge in [0.05, 0.1) is 5.41 Å². The normalized spacial score (nSPS) is 12.7. The molecule has 0 aliphatic carbocycles. The summed E-state index contributed by atoms with van der Waals surface area (Å²) in [5.41, 5.74) is 1.14. The molecule has 2 rings (SSSR count). The Morgan fingerprint density at radius 2 is 1.44 bits per heavy atom. The molecule has 2 aromatic carbocycles. The Morgan fingerprint density at radius 1 is 0.963 bits per heavy atom. The molecule has 144 valence electrons. The molecule has 0 saturated carbocycles. The molecule has 0 fully saturated rings. The lowest BCUT2D eigenvalue weighted by Gasteiger charge is -2.38. The van der Waals surface area contributed by atoms with Crippen LogP contribution in [0, 0.1) is 0 Å². The second-order valence-electron chi connectivity index (χ2n) is 7.17. The third-order valence-corrected chi connectivity index (χ3v) is 5.29. The van der Waals surface area contributed by atoms with Gasteiger partial charge < -0.3 is 10.0 Å². The van der Waals surface area contributed by atoms with Gasteiger partial charge in [0.1, 0.15) is 5.78 Å². The number of ketones is 1. The fourth-order valence-corrected chi connectivity index (χ4v) is 3.77. The van der Waals surface area contributed by atoms with Gasteiger partial charge >= 0.3 is 5.97 Å². The van der Waals surface area contributed by atoms with Crippen molar-refractivity contribution in [3.63, 3.8) is 0 Å². The number of nitrogens with zero attached hydrogens (tertiary/aromatic N) is 1. The van der Waals surface area contributed by atoms with Crippen molar-refractivity contribution in [2.75, 3.05) is 14.1 Å². The molecule has 4 heteroatoms. The summed E-state index contributed by atoms with van der Waals surface area (Å²) in [5, 5.41) is 9.15. The lowest BCUT2D eigenvalue weighted by Crippen LogP contribution is -2.44. The molecule has 4 nitrogen and oxygen atoms in total. The molecule has 27 heavy (non-hydrogen) atoms. The van der Waals surface area contributed by atoms with Crippen LogP contribution in [0.25, 0.3) is 0 Å². The summed E-state index contributed by atoms with van der Waals surface area (Å²) in [6.45, 7) is 1.89. The maximum Gasteiger partial charge on any atom is 0.303 e. The lowest BCUT2D eigenvalue weighted by molar-refractivity contribution is -0.137. The van der Waals surface area contributed by atoms with E-state index in [1.807, 2.05) is 86.6 Å². The number of hydrogen-bond acceptors (Lipinski definition) is 3. The second-order valence-corrected chi connectivity index (χ2v) is 7.17. The highest BCUT2D eigenvalue weighted by atomic mass is 16.4. The molecule has 0 amide bonds. The Bertz CT molecular complexity index is 701. The third kappa shape index (κ3) is 4.83. The molecule has 0 aliphatic rings. The van der Waals surface area contributed by atoms with Gasteiger partial charge in [-0.15, -0.1) is 0 Å². The number of rotatable bonds is 10. The average Bonchev–Trinajstić information content (AvgIpc) is 2.68. The maximum absolute atomic E-state index is 13.4. The minimum Gasteiger partial charge on any atom is -0.481 e. The van der Waals surface area contributed by atoms with Gasteiger partial charge in [0.25, 0.3) is 0 Å². The van der Waals surface area contributed by atoms with Crippen LogP contribution in [-0.4, -0.2) is 41.9 Å². The number of aliphatic carboxylic acids is 1. The van der Waals surface area contributed by atoms with Gasteiger partial charge in [0.15, 0.2) is 0 Å². The average molecular weight is 367 g/mol. The minimum absolute atomic E-state index is 0.0305. The van der Waals surface area contributed by atoms with Crippen molar-refractivity contribution in [3.05, 3.63) is 71.8 Å². The summed E-state index contributed by atoms with van der Waals surface area (Å²) in [6, 6.07) is 19.7. The lowest BCUT2D eigenvalue weighted by atomic mass is 9.66. The molecular weight excluding hydrogens is 338 g/mol. The molecule has 0 heterocycles. The van der Waals surface area contributed by atoms with E-state index in [0.29, 0.717) is 19.3 Å². The first-order valence-electron chi connectivity index (χ1n) is 9.44. The monoisotopic (exact) mass is 367 g/mol. The van der Waals surface area contributed by atoms with E-state index in [-0.39, 0.29) is 18.2 Å². The van der Waals surface area contributed by atoms with Crippen molar-refractivity contribution in [1.82, 2.24) is 4.90 Å². The number of hydrogen-bond donors (Lipinski definition) is 1. The zero-order valence-electron chi connectivity index (χ0n) is 16.4. The maximum atomic E-state index is 13.4. The van der Waals surface area contributed by atoms with Gasteiger partial charge in [-0.25, -0.2) is 0 Å². The predicted octanol–water partition coefficient (Wildman–Crippen LogP) is 4.14. The van der Waals surface area contributed by atoms with E-state index in [4.69, 9.17) is 5.11 Å². The van der Waals surface area contributed by atoms with Crippen molar-refractivity contribution in [2.45, 2.75) is 44.1 Å². The molecule has 0 bridgehead atoms. The smallest absolute Gasteiger partial charge is 0.303 e. The van der Waals surface area contributed by atoms with E-state index < -0.39 is 11.4 Å². The zero-order chi connectivity index (χ0) is 19.9. The standard InChI is InChI=1S/C23H29NO3/c1-4-21(25)23(18-11-7-5-8-12-18,19-13-9-6-10-14-19)17-20(24(2)3)15-16-22(26)27/h5-14,20H,4,15-17H2,1-3H3,(H,26,27)/t20-/m0/s1. The number of benzene rings is 2. The van der Waals surface area contributed by atoms with Crippen LogP contribution < -0.4 is 0 Å². The summed E-state index contributed by atoms with van der Waals surface area (Å²) in [7, 11) is 3.90. The predicted molar refractivity (Wildman–Crippen MR) is 108 cm³/mol. The van der Waals surface area contributed by atoms with Crippen LogP contribution >= 0.6 is 0 Å². The van der Waals surface area contributed by atoms with Crippen LogP contribution in [0.5, 0.6) is 0 Å². The fraction of sp³-hybridized carbons (Fsp3) is 0.391. The van der Waals surface area contributed by atoms with Gasteiger partial charge in [0.2, 0.25) is 0 Å². The summed E-state index contributed by atoms with van der Waals surface area (Å²) in [5.74, 6) is -0.657. The van der Waals surface area contributed by atoms with Crippen LogP contribution in [-0.2, 0) is 15.0 Å². The first-order chi connectivity index (χ1) is 12.9. The molecule has 1 N–H and O–H groups in total. The zero-order valence-corrected chi connectivity index (χ0v) is 16.4. The van der Waals surface area contributed by atoms with Gasteiger partial charge in [-0.2, -0.15) is 0 Å². The summed E-state index contributed by atoms with van der Waals surface area (Å²) in [4.78, 5) is 26.6. The first-order valence-corrected chi connectivity index (χ1v) is 9.44. The topological polar surface area (TPSA) is 57.6 Å². The Kier molecular flexibility index (Phi) is 7.31.